The molecule has 0 aliphatic heterocycles. The number of rotatable bonds is 24. The maximum absolute atomic E-state index is 11.6. The lowest BCUT2D eigenvalue weighted by Crippen LogP contribution is -2.80. The van der Waals surface area contributed by atoms with E-state index >= 15 is 0 Å². The van der Waals surface area contributed by atoms with E-state index in [1.807, 2.05) is 36.6 Å². The van der Waals surface area contributed by atoms with Gasteiger partial charge in [0.25, 0.3) is 0 Å². The molecule has 36 heavy (non-hydrogen) atoms. The minimum Gasteiger partial charge on any atom is -0.493 e. The predicted octanol–water partition coefficient (Wildman–Crippen LogP) is 5.69. The first kappa shape index (κ1) is 32.8. The van der Waals surface area contributed by atoms with E-state index in [4.69, 9.17) is 18.5 Å². The zero-order valence-electron chi connectivity index (χ0n) is 22.9. The Kier molecular flexibility index (Phi) is 20.9. The number of quaternary nitrogens is 1. The molecule has 0 aromatic heterocycles. The number of unbranched alkanes of at least 4 members (excludes halogenated alkanes) is 11. The van der Waals surface area contributed by atoms with Crippen molar-refractivity contribution < 1.29 is 33.5 Å². The Hall–Kier alpha value is -1.24. The Morgan fingerprint density at radius 2 is 1.53 bits per heavy atom. The van der Waals surface area contributed by atoms with E-state index in [0.29, 0.717) is 19.6 Å². The van der Waals surface area contributed by atoms with Crippen LogP contribution in [0.1, 0.15) is 96.5 Å². The Labute approximate surface area is 220 Å². The number of ether oxygens (including phenoxy) is 2. The largest absolute Gasteiger partial charge is 0.493 e. The van der Waals surface area contributed by atoms with Crippen LogP contribution in [0.25, 0.3) is 0 Å². The zero-order valence-corrected chi connectivity index (χ0v) is 23.8. The molecule has 0 bridgehead atoms. The third kappa shape index (κ3) is 18.1. The van der Waals surface area contributed by atoms with E-state index in [-0.39, 0.29) is 12.6 Å². The molecule has 0 saturated heterocycles. The molecule has 0 spiro atoms. The predicted molar refractivity (Wildman–Crippen MR) is 146 cm³/mol. The first-order valence-electron chi connectivity index (χ1n) is 14.0. The number of benzene rings is 1. The average molecular weight is 529 g/mol. The van der Waals surface area contributed by atoms with E-state index in [1.54, 1.807) is 0 Å². The topological polar surface area (TPSA) is 90.8 Å². The summed E-state index contributed by atoms with van der Waals surface area (Å²) in [6.45, 7) is 5.50. The number of esters is 1. The SMILES string of the molecule is CCCCCCCCCCCCCCOc1ccccc1CC(COP(O)OCC[NH2+]C)OC(C)=O. The van der Waals surface area contributed by atoms with Crippen molar-refractivity contribution in [1.29, 1.82) is 0 Å². The summed E-state index contributed by atoms with van der Waals surface area (Å²) in [6.07, 6.45) is 15.7. The molecule has 0 aliphatic carbocycles. The maximum atomic E-state index is 11.6. The van der Waals surface area contributed by atoms with Gasteiger partial charge >= 0.3 is 14.6 Å². The minimum atomic E-state index is -2.00. The fraction of sp³-hybridized carbons (Fsp3) is 0.750. The third-order valence-corrected chi connectivity index (χ3v) is 6.76. The van der Waals surface area contributed by atoms with Crippen molar-refractivity contribution >= 4 is 14.6 Å². The van der Waals surface area contributed by atoms with Gasteiger partial charge in [-0.25, -0.2) is 0 Å². The molecule has 1 aromatic rings. The van der Waals surface area contributed by atoms with Crippen LogP contribution >= 0.6 is 8.60 Å². The molecule has 0 fully saturated rings. The van der Waals surface area contributed by atoms with Gasteiger partial charge in [0.15, 0.2) is 0 Å². The monoisotopic (exact) mass is 528 g/mol. The zero-order chi connectivity index (χ0) is 26.3. The van der Waals surface area contributed by atoms with Crippen LogP contribution in [-0.4, -0.2) is 50.4 Å². The van der Waals surface area contributed by atoms with Crippen molar-refractivity contribution in [2.45, 2.75) is 103 Å². The van der Waals surface area contributed by atoms with Crippen LogP contribution in [0.15, 0.2) is 24.3 Å². The summed E-state index contributed by atoms with van der Waals surface area (Å²) in [5, 5.41) is 1.96. The number of para-hydroxylation sites is 1. The summed E-state index contributed by atoms with van der Waals surface area (Å²) in [5.41, 5.74) is 0.954. The highest BCUT2D eigenvalue weighted by molar-refractivity contribution is 7.40. The van der Waals surface area contributed by atoms with Gasteiger partial charge in [0, 0.05) is 13.3 Å². The van der Waals surface area contributed by atoms with Gasteiger partial charge in [0.1, 0.15) is 18.5 Å². The number of carbonyl (C=O) groups is 1. The van der Waals surface area contributed by atoms with Crippen LogP contribution in [0.5, 0.6) is 5.75 Å². The number of hydrogen-bond acceptors (Lipinski definition) is 6. The van der Waals surface area contributed by atoms with Crippen molar-refractivity contribution in [2.24, 2.45) is 0 Å². The lowest BCUT2D eigenvalue weighted by Gasteiger charge is -2.20. The van der Waals surface area contributed by atoms with Crippen LogP contribution in [0, 0.1) is 0 Å². The van der Waals surface area contributed by atoms with E-state index < -0.39 is 14.7 Å². The smallest absolute Gasteiger partial charge is 0.330 e. The molecule has 2 atom stereocenters. The number of likely N-dealkylation sites (N-methyl/N-ethyl adjacent to an activating group) is 1. The molecule has 1 rings (SSSR count). The summed E-state index contributed by atoms with van der Waals surface area (Å²) in [6, 6.07) is 7.82. The Morgan fingerprint density at radius 1 is 0.917 bits per heavy atom. The van der Waals surface area contributed by atoms with Crippen molar-refractivity contribution in [3.8, 4) is 5.75 Å². The molecule has 8 heteroatoms. The van der Waals surface area contributed by atoms with Gasteiger partial charge in [-0.3, -0.25) is 4.79 Å². The van der Waals surface area contributed by atoms with Crippen LogP contribution in [0.3, 0.4) is 0 Å². The molecule has 1 aromatic carbocycles. The molecule has 208 valence electrons. The normalized spacial score (nSPS) is 12.9. The third-order valence-electron chi connectivity index (χ3n) is 5.99. The maximum Gasteiger partial charge on any atom is 0.330 e. The minimum absolute atomic E-state index is 0.0602. The average Bonchev–Trinajstić information content (AvgIpc) is 2.86. The quantitative estimate of drug-likeness (QED) is 0.102. The summed E-state index contributed by atoms with van der Waals surface area (Å²) in [4.78, 5) is 21.5. The Bertz CT molecular complexity index is 663. The highest BCUT2D eigenvalue weighted by atomic mass is 31.2. The van der Waals surface area contributed by atoms with Crippen molar-refractivity contribution in [1.82, 2.24) is 0 Å². The number of hydrogen-bond donors (Lipinski definition) is 2. The second kappa shape index (κ2) is 22.9. The van der Waals surface area contributed by atoms with E-state index in [9.17, 15) is 9.69 Å². The summed E-state index contributed by atoms with van der Waals surface area (Å²) in [7, 11) is -0.0701. The second-order valence-electron chi connectivity index (χ2n) is 9.34. The first-order chi connectivity index (χ1) is 17.6. The fourth-order valence-corrected chi connectivity index (χ4v) is 4.62. The summed E-state index contributed by atoms with van der Waals surface area (Å²) >= 11 is 0. The van der Waals surface area contributed by atoms with Crippen molar-refractivity contribution in [3.63, 3.8) is 0 Å². The van der Waals surface area contributed by atoms with Crippen LogP contribution < -0.4 is 10.1 Å². The summed E-state index contributed by atoms with van der Waals surface area (Å²) in [5.74, 6) is 0.418. The van der Waals surface area contributed by atoms with Gasteiger partial charge in [-0.05, 0) is 18.1 Å². The Balaban J connectivity index is 2.30. The van der Waals surface area contributed by atoms with Gasteiger partial charge in [-0.2, -0.15) is 0 Å². The Morgan fingerprint density at radius 3 is 2.14 bits per heavy atom. The standard InChI is InChI=1S/C28H50NO6P/c1-4-5-6-7-8-9-10-11-12-13-14-17-21-32-28-19-16-15-18-26(28)23-27(35-25(2)30)24-34-36(31)33-22-20-29-3/h15-16,18-19,27,29,31H,4-14,17,20-24H2,1-3H3/p+1. The highest BCUT2D eigenvalue weighted by Crippen LogP contribution is 2.33. The van der Waals surface area contributed by atoms with Crippen molar-refractivity contribution in [3.05, 3.63) is 29.8 Å². The molecule has 2 unspecified atom stereocenters. The van der Waals surface area contributed by atoms with E-state index in [0.717, 1.165) is 24.3 Å². The van der Waals surface area contributed by atoms with E-state index in [1.165, 1.54) is 77.6 Å². The second-order valence-corrected chi connectivity index (χ2v) is 10.3. The van der Waals surface area contributed by atoms with Gasteiger partial charge in [-0.15, -0.1) is 0 Å². The van der Waals surface area contributed by atoms with Gasteiger partial charge in [-0.1, -0.05) is 95.8 Å². The first-order valence-corrected chi connectivity index (χ1v) is 15.1. The molecule has 0 heterocycles. The molecule has 0 amide bonds. The lowest BCUT2D eigenvalue weighted by molar-refractivity contribution is -0.627. The van der Waals surface area contributed by atoms with Crippen molar-refractivity contribution in [2.75, 3.05) is 33.4 Å². The van der Waals surface area contributed by atoms with Gasteiger partial charge in [0.2, 0.25) is 0 Å². The molecule has 0 radical (unpaired) electrons. The molecular weight excluding hydrogens is 477 g/mol. The molecule has 0 aliphatic rings. The van der Waals surface area contributed by atoms with E-state index in [2.05, 4.69) is 6.92 Å². The molecule has 7 nitrogen and oxygen atoms in total. The molecule has 3 N–H and O–H groups in total. The van der Waals surface area contributed by atoms with Crippen LogP contribution in [-0.2, 0) is 25.0 Å². The van der Waals surface area contributed by atoms with Crippen LogP contribution in [0.2, 0.25) is 0 Å². The fourth-order valence-electron chi connectivity index (χ4n) is 3.99. The van der Waals surface area contributed by atoms with Gasteiger partial charge < -0.3 is 28.7 Å². The molecule has 0 saturated carbocycles. The highest BCUT2D eigenvalue weighted by Gasteiger charge is 2.19. The lowest BCUT2D eigenvalue weighted by atomic mass is 10.1. The van der Waals surface area contributed by atoms with Crippen LogP contribution in [0.4, 0.5) is 0 Å². The summed E-state index contributed by atoms with van der Waals surface area (Å²) < 4.78 is 22.2. The molecular formula is C28H51NO6P+. The number of nitrogens with two attached hydrogens (primary N) is 1. The van der Waals surface area contributed by atoms with Gasteiger partial charge in [0.05, 0.1) is 26.8 Å². The number of carbonyl (C=O) groups excluding carboxylic acids is 1.